The normalized spacial score (nSPS) is 10.5. The minimum absolute atomic E-state index is 0.321. The van der Waals surface area contributed by atoms with Crippen molar-refractivity contribution < 1.29 is 4.74 Å². The van der Waals surface area contributed by atoms with E-state index in [0.29, 0.717) is 18.2 Å². The van der Waals surface area contributed by atoms with Crippen LogP contribution in [0.1, 0.15) is 5.56 Å². The standard InChI is InChI=1S/C20H17ClN2O/c1-15(21)12-24-13-17-8-5-9-19(16-6-3-2-4-7-16)20(17)18-10-22-14-23-11-18/h2-11,14H,1,12-13H2. The summed E-state index contributed by atoms with van der Waals surface area (Å²) in [6, 6.07) is 16.4. The number of nitrogens with zero attached hydrogens (tertiary/aromatic N) is 2. The molecule has 0 bridgehead atoms. The van der Waals surface area contributed by atoms with Crippen LogP contribution in [0, 0.1) is 0 Å². The highest BCUT2D eigenvalue weighted by Crippen LogP contribution is 2.34. The third-order valence-corrected chi connectivity index (χ3v) is 3.71. The van der Waals surface area contributed by atoms with Crippen LogP contribution in [0.3, 0.4) is 0 Å². The van der Waals surface area contributed by atoms with E-state index < -0.39 is 0 Å². The number of benzene rings is 2. The van der Waals surface area contributed by atoms with Crippen molar-refractivity contribution in [3.8, 4) is 22.3 Å². The lowest BCUT2D eigenvalue weighted by molar-refractivity contribution is 0.147. The van der Waals surface area contributed by atoms with Crippen molar-refractivity contribution in [1.29, 1.82) is 0 Å². The molecule has 0 unspecified atom stereocenters. The highest BCUT2D eigenvalue weighted by atomic mass is 35.5. The number of ether oxygens (including phenoxy) is 1. The molecule has 0 amide bonds. The van der Waals surface area contributed by atoms with Gasteiger partial charge in [-0.15, -0.1) is 0 Å². The zero-order valence-electron chi connectivity index (χ0n) is 13.2. The Hall–Kier alpha value is -2.49. The second-order valence-electron chi connectivity index (χ2n) is 5.34. The minimum Gasteiger partial charge on any atom is -0.371 e. The summed E-state index contributed by atoms with van der Waals surface area (Å²) < 4.78 is 5.66. The Balaban J connectivity index is 2.07. The molecule has 120 valence electrons. The van der Waals surface area contributed by atoms with Crippen molar-refractivity contribution >= 4 is 11.6 Å². The van der Waals surface area contributed by atoms with E-state index in [9.17, 15) is 0 Å². The number of hydrogen-bond acceptors (Lipinski definition) is 3. The van der Waals surface area contributed by atoms with Gasteiger partial charge in [-0.1, -0.05) is 66.7 Å². The van der Waals surface area contributed by atoms with Crippen molar-refractivity contribution in [1.82, 2.24) is 9.97 Å². The third kappa shape index (κ3) is 3.88. The molecule has 0 saturated carbocycles. The molecule has 0 aliphatic heterocycles. The number of aromatic nitrogens is 2. The van der Waals surface area contributed by atoms with Crippen molar-refractivity contribution in [2.45, 2.75) is 6.61 Å². The summed E-state index contributed by atoms with van der Waals surface area (Å²) in [5.74, 6) is 0. The molecule has 2 aromatic carbocycles. The molecule has 1 heterocycles. The Bertz CT molecular complexity index is 820. The van der Waals surface area contributed by atoms with E-state index in [-0.39, 0.29) is 0 Å². The second-order valence-corrected chi connectivity index (χ2v) is 5.88. The van der Waals surface area contributed by atoms with E-state index in [0.717, 1.165) is 27.8 Å². The van der Waals surface area contributed by atoms with Gasteiger partial charge >= 0.3 is 0 Å². The van der Waals surface area contributed by atoms with Crippen LogP contribution in [0.2, 0.25) is 0 Å². The molecule has 0 radical (unpaired) electrons. The maximum absolute atomic E-state index is 5.79. The first-order valence-electron chi connectivity index (χ1n) is 7.59. The summed E-state index contributed by atoms with van der Waals surface area (Å²) in [5.41, 5.74) is 5.35. The Labute approximate surface area is 146 Å². The zero-order valence-corrected chi connectivity index (χ0v) is 13.9. The molecule has 24 heavy (non-hydrogen) atoms. The maximum atomic E-state index is 5.79. The van der Waals surface area contributed by atoms with Gasteiger partial charge in [-0.05, 0) is 22.3 Å². The van der Waals surface area contributed by atoms with Crippen LogP contribution in [0.4, 0.5) is 0 Å². The monoisotopic (exact) mass is 336 g/mol. The first-order valence-corrected chi connectivity index (χ1v) is 7.97. The first kappa shape index (κ1) is 16.4. The van der Waals surface area contributed by atoms with Gasteiger partial charge in [0.05, 0.1) is 13.2 Å². The number of rotatable bonds is 6. The summed E-state index contributed by atoms with van der Waals surface area (Å²) in [4.78, 5) is 8.32. The molecule has 0 fully saturated rings. The van der Waals surface area contributed by atoms with Crippen LogP contribution in [0.15, 0.2) is 78.9 Å². The quantitative estimate of drug-likeness (QED) is 0.629. The SMILES string of the molecule is C=C(Cl)COCc1cccc(-c2ccccc2)c1-c1cncnc1. The highest BCUT2D eigenvalue weighted by molar-refractivity contribution is 6.29. The molecule has 3 rings (SSSR count). The van der Waals surface area contributed by atoms with E-state index in [1.165, 1.54) is 6.33 Å². The van der Waals surface area contributed by atoms with Crippen LogP contribution < -0.4 is 0 Å². The summed E-state index contributed by atoms with van der Waals surface area (Å²) in [7, 11) is 0. The zero-order chi connectivity index (χ0) is 16.8. The highest BCUT2D eigenvalue weighted by Gasteiger charge is 2.13. The molecule has 1 aromatic heterocycles. The minimum atomic E-state index is 0.321. The molecular formula is C20H17ClN2O. The summed E-state index contributed by atoms with van der Waals surface area (Å²) in [6.45, 7) is 4.41. The van der Waals surface area contributed by atoms with Crippen molar-refractivity contribution in [2.75, 3.05) is 6.61 Å². The van der Waals surface area contributed by atoms with Crippen LogP contribution >= 0.6 is 11.6 Å². The lowest BCUT2D eigenvalue weighted by Crippen LogP contribution is -1.99. The summed E-state index contributed by atoms with van der Waals surface area (Å²) in [5, 5.41) is 0.485. The van der Waals surface area contributed by atoms with Gasteiger partial charge < -0.3 is 4.74 Å². The van der Waals surface area contributed by atoms with E-state index in [1.807, 2.05) is 42.7 Å². The molecule has 0 aliphatic rings. The average Bonchev–Trinajstić information content (AvgIpc) is 2.63. The van der Waals surface area contributed by atoms with E-state index >= 15 is 0 Å². The van der Waals surface area contributed by atoms with Gasteiger partial charge in [0.1, 0.15) is 6.33 Å². The van der Waals surface area contributed by atoms with Crippen LogP contribution in [0.25, 0.3) is 22.3 Å². The van der Waals surface area contributed by atoms with Gasteiger partial charge in [-0.2, -0.15) is 0 Å². The van der Waals surface area contributed by atoms with Gasteiger partial charge in [-0.25, -0.2) is 9.97 Å². The fraction of sp³-hybridized carbons (Fsp3) is 0.100. The third-order valence-electron chi connectivity index (χ3n) is 3.60. The lowest BCUT2D eigenvalue weighted by atomic mass is 9.92. The van der Waals surface area contributed by atoms with E-state index in [4.69, 9.17) is 16.3 Å². The van der Waals surface area contributed by atoms with Crippen molar-refractivity contribution in [3.05, 3.63) is 84.4 Å². The number of halogens is 1. The fourth-order valence-electron chi connectivity index (χ4n) is 2.62. The molecule has 0 atom stereocenters. The van der Waals surface area contributed by atoms with Crippen LogP contribution in [-0.4, -0.2) is 16.6 Å². The summed E-state index contributed by atoms with van der Waals surface area (Å²) in [6.07, 6.45) is 5.17. The van der Waals surface area contributed by atoms with Gasteiger partial charge in [-0.3, -0.25) is 0 Å². The predicted molar refractivity (Wildman–Crippen MR) is 97.6 cm³/mol. The lowest BCUT2D eigenvalue weighted by Gasteiger charge is -2.15. The van der Waals surface area contributed by atoms with E-state index in [2.05, 4.69) is 34.7 Å². The molecule has 0 spiro atoms. The first-order chi connectivity index (χ1) is 11.8. The smallest absolute Gasteiger partial charge is 0.115 e. The molecule has 3 aromatic rings. The Morgan fingerprint density at radius 3 is 2.42 bits per heavy atom. The van der Waals surface area contributed by atoms with Gasteiger partial charge in [0, 0.05) is 23.0 Å². The second kappa shape index (κ2) is 7.86. The Kier molecular flexibility index (Phi) is 5.36. The van der Waals surface area contributed by atoms with Crippen LogP contribution in [0.5, 0.6) is 0 Å². The summed E-state index contributed by atoms with van der Waals surface area (Å²) >= 11 is 5.79. The number of hydrogen-bond donors (Lipinski definition) is 0. The molecular weight excluding hydrogens is 320 g/mol. The van der Waals surface area contributed by atoms with Gasteiger partial charge in [0.25, 0.3) is 0 Å². The van der Waals surface area contributed by atoms with Crippen LogP contribution in [-0.2, 0) is 11.3 Å². The van der Waals surface area contributed by atoms with E-state index in [1.54, 1.807) is 0 Å². The molecule has 0 saturated heterocycles. The maximum Gasteiger partial charge on any atom is 0.115 e. The van der Waals surface area contributed by atoms with Gasteiger partial charge in [0.2, 0.25) is 0 Å². The molecule has 0 aliphatic carbocycles. The largest absolute Gasteiger partial charge is 0.371 e. The Morgan fingerprint density at radius 2 is 1.71 bits per heavy atom. The van der Waals surface area contributed by atoms with Crippen molar-refractivity contribution in [2.24, 2.45) is 0 Å². The Morgan fingerprint density at radius 1 is 0.958 bits per heavy atom. The molecule has 4 heteroatoms. The average molecular weight is 337 g/mol. The molecule has 0 N–H and O–H groups in total. The topological polar surface area (TPSA) is 35.0 Å². The van der Waals surface area contributed by atoms with Crippen molar-refractivity contribution in [3.63, 3.8) is 0 Å². The fourth-order valence-corrected chi connectivity index (χ4v) is 2.70. The van der Waals surface area contributed by atoms with Gasteiger partial charge in [0.15, 0.2) is 0 Å². The molecule has 3 nitrogen and oxygen atoms in total. The predicted octanol–water partition coefficient (Wildman–Crippen LogP) is 5.08.